The lowest BCUT2D eigenvalue weighted by Gasteiger charge is -2.09. The molecule has 1 aromatic carbocycles. The fourth-order valence-corrected chi connectivity index (χ4v) is 1.66. The summed E-state index contributed by atoms with van der Waals surface area (Å²) in [4.78, 5) is 15.8. The summed E-state index contributed by atoms with van der Waals surface area (Å²) in [5.41, 5.74) is 6.72. The average molecular weight is 296 g/mol. The molecule has 7 heteroatoms. The van der Waals surface area contributed by atoms with Crippen molar-refractivity contribution in [3.63, 3.8) is 0 Å². The minimum absolute atomic E-state index is 0.0310. The number of nitrogen functional groups attached to an aromatic ring is 1. The van der Waals surface area contributed by atoms with Crippen molar-refractivity contribution >= 4 is 11.5 Å². The molecule has 2 N–H and O–H groups in total. The standard InChI is InChI=1S/C14H11F3N2O2/c15-14(16,17)21-11-4-1-9(2-5-11)7-13(20)12-6-3-10(18)8-19-12/h1-6,8H,7,18H2. The molecule has 0 amide bonds. The second-order valence-corrected chi connectivity index (χ2v) is 4.27. The van der Waals surface area contributed by atoms with Gasteiger partial charge in [-0.1, -0.05) is 12.1 Å². The number of hydrogen-bond donors (Lipinski definition) is 1. The van der Waals surface area contributed by atoms with Gasteiger partial charge < -0.3 is 10.5 Å². The first-order valence-electron chi connectivity index (χ1n) is 5.93. The highest BCUT2D eigenvalue weighted by Gasteiger charge is 2.30. The minimum Gasteiger partial charge on any atom is -0.406 e. The Labute approximate surface area is 118 Å². The summed E-state index contributed by atoms with van der Waals surface area (Å²) >= 11 is 0. The van der Waals surface area contributed by atoms with Crippen LogP contribution in [-0.2, 0) is 6.42 Å². The fourth-order valence-electron chi connectivity index (χ4n) is 1.66. The molecule has 0 spiro atoms. The van der Waals surface area contributed by atoms with E-state index in [4.69, 9.17) is 5.73 Å². The van der Waals surface area contributed by atoms with Crippen LogP contribution >= 0.6 is 0 Å². The Morgan fingerprint density at radius 1 is 1.14 bits per heavy atom. The summed E-state index contributed by atoms with van der Waals surface area (Å²) in [6, 6.07) is 8.17. The molecule has 0 atom stereocenters. The van der Waals surface area contributed by atoms with Gasteiger partial charge in [0.05, 0.1) is 11.9 Å². The molecule has 0 fully saturated rings. The normalized spacial score (nSPS) is 11.2. The number of aromatic nitrogens is 1. The summed E-state index contributed by atoms with van der Waals surface area (Å²) in [6.45, 7) is 0. The first-order chi connectivity index (χ1) is 9.83. The Kier molecular flexibility index (Phi) is 4.11. The Morgan fingerprint density at radius 3 is 2.33 bits per heavy atom. The van der Waals surface area contributed by atoms with Crippen molar-refractivity contribution in [2.45, 2.75) is 12.8 Å². The number of rotatable bonds is 4. The van der Waals surface area contributed by atoms with Gasteiger partial charge in [0.15, 0.2) is 5.78 Å². The molecule has 0 aliphatic rings. The molecule has 0 bridgehead atoms. The molecule has 0 aliphatic heterocycles. The van der Waals surface area contributed by atoms with Gasteiger partial charge in [-0.05, 0) is 29.8 Å². The maximum absolute atomic E-state index is 12.0. The van der Waals surface area contributed by atoms with Crippen LogP contribution in [0.15, 0.2) is 42.6 Å². The Morgan fingerprint density at radius 2 is 1.81 bits per heavy atom. The predicted molar refractivity (Wildman–Crippen MR) is 69.8 cm³/mol. The fraction of sp³-hybridized carbons (Fsp3) is 0.143. The number of nitrogens with zero attached hydrogens (tertiary/aromatic N) is 1. The van der Waals surface area contributed by atoms with Gasteiger partial charge in [-0.15, -0.1) is 13.2 Å². The number of anilines is 1. The Bertz CT molecular complexity index is 622. The number of pyridine rings is 1. The van der Waals surface area contributed by atoms with Crippen LogP contribution in [0.25, 0.3) is 0 Å². The Balaban J connectivity index is 2.03. The zero-order valence-corrected chi connectivity index (χ0v) is 10.7. The molecule has 0 unspecified atom stereocenters. The molecule has 1 heterocycles. The molecule has 2 aromatic rings. The average Bonchev–Trinajstić information content (AvgIpc) is 2.40. The lowest BCUT2D eigenvalue weighted by Crippen LogP contribution is -2.17. The number of benzene rings is 1. The first kappa shape index (κ1) is 14.8. The van der Waals surface area contributed by atoms with Crippen LogP contribution in [-0.4, -0.2) is 17.1 Å². The number of carbonyl (C=O) groups excluding carboxylic acids is 1. The third kappa shape index (κ3) is 4.48. The second kappa shape index (κ2) is 5.82. The zero-order valence-electron chi connectivity index (χ0n) is 10.7. The molecule has 1 aromatic heterocycles. The molecular formula is C14H11F3N2O2. The van der Waals surface area contributed by atoms with E-state index < -0.39 is 6.36 Å². The molecule has 0 saturated heterocycles. The van der Waals surface area contributed by atoms with E-state index in [0.717, 1.165) is 12.1 Å². The summed E-state index contributed by atoms with van der Waals surface area (Å²) in [5, 5.41) is 0. The maximum atomic E-state index is 12.0. The lowest BCUT2D eigenvalue weighted by atomic mass is 10.1. The molecule has 4 nitrogen and oxygen atoms in total. The van der Waals surface area contributed by atoms with E-state index in [1.165, 1.54) is 24.4 Å². The maximum Gasteiger partial charge on any atom is 0.573 e. The summed E-state index contributed by atoms with van der Waals surface area (Å²) in [7, 11) is 0. The van der Waals surface area contributed by atoms with Crippen LogP contribution < -0.4 is 10.5 Å². The number of hydrogen-bond acceptors (Lipinski definition) is 4. The van der Waals surface area contributed by atoms with Crippen LogP contribution in [0.2, 0.25) is 0 Å². The predicted octanol–water partition coefficient (Wildman–Crippen LogP) is 2.99. The second-order valence-electron chi connectivity index (χ2n) is 4.27. The molecule has 2 rings (SSSR count). The van der Waals surface area contributed by atoms with E-state index in [2.05, 4.69) is 9.72 Å². The van der Waals surface area contributed by atoms with Crippen molar-refractivity contribution < 1.29 is 22.7 Å². The zero-order chi connectivity index (χ0) is 15.5. The van der Waals surface area contributed by atoms with Crippen molar-refractivity contribution in [2.24, 2.45) is 0 Å². The van der Waals surface area contributed by atoms with Crippen molar-refractivity contribution in [3.8, 4) is 5.75 Å². The van der Waals surface area contributed by atoms with Gasteiger partial charge in [0.25, 0.3) is 0 Å². The largest absolute Gasteiger partial charge is 0.573 e. The van der Waals surface area contributed by atoms with Crippen LogP contribution in [0.5, 0.6) is 5.75 Å². The van der Waals surface area contributed by atoms with Crippen molar-refractivity contribution in [1.29, 1.82) is 0 Å². The molecule has 0 saturated carbocycles. The molecule has 110 valence electrons. The number of Topliss-reactive ketones (excluding diaryl/α,β-unsaturated/α-hetero) is 1. The number of carbonyl (C=O) groups is 1. The molecule has 0 radical (unpaired) electrons. The van der Waals surface area contributed by atoms with E-state index in [9.17, 15) is 18.0 Å². The summed E-state index contributed by atoms with van der Waals surface area (Å²) in [5.74, 6) is -0.580. The van der Waals surface area contributed by atoms with E-state index in [-0.39, 0.29) is 23.6 Å². The van der Waals surface area contributed by atoms with Crippen LogP contribution in [0.4, 0.5) is 18.9 Å². The van der Waals surface area contributed by atoms with Gasteiger partial charge in [-0.25, -0.2) is 0 Å². The quantitative estimate of drug-likeness (QED) is 0.881. The van der Waals surface area contributed by atoms with Gasteiger partial charge in [0.2, 0.25) is 0 Å². The van der Waals surface area contributed by atoms with Crippen molar-refractivity contribution in [3.05, 3.63) is 53.9 Å². The van der Waals surface area contributed by atoms with Crippen molar-refractivity contribution in [2.75, 3.05) is 5.73 Å². The summed E-state index contributed by atoms with van der Waals surface area (Å²) < 4.78 is 39.8. The summed E-state index contributed by atoms with van der Waals surface area (Å²) in [6.07, 6.45) is -3.33. The number of ether oxygens (including phenoxy) is 1. The van der Waals surface area contributed by atoms with Gasteiger partial charge in [0, 0.05) is 6.42 Å². The number of halogens is 3. The van der Waals surface area contributed by atoms with E-state index in [0.29, 0.717) is 11.3 Å². The van der Waals surface area contributed by atoms with Gasteiger partial charge in [-0.2, -0.15) is 0 Å². The number of alkyl halides is 3. The van der Waals surface area contributed by atoms with Crippen LogP contribution in [0.1, 0.15) is 16.1 Å². The smallest absolute Gasteiger partial charge is 0.406 e. The third-order valence-corrected chi connectivity index (χ3v) is 2.59. The van der Waals surface area contributed by atoms with Crippen molar-refractivity contribution in [1.82, 2.24) is 4.98 Å². The molecular weight excluding hydrogens is 285 g/mol. The highest BCUT2D eigenvalue weighted by Crippen LogP contribution is 2.23. The molecule has 21 heavy (non-hydrogen) atoms. The van der Waals surface area contributed by atoms with Gasteiger partial charge in [-0.3, -0.25) is 9.78 Å². The van der Waals surface area contributed by atoms with Crippen LogP contribution in [0.3, 0.4) is 0 Å². The SMILES string of the molecule is Nc1ccc(C(=O)Cc2ccc(OC(F)(F)F)cc2)nc1. The first-order valence-corrected chi connectivity index (χ1v) is 5.93. The Hall–Kier alpha value is -2.57. The van der Waals surface area contributed by atoms with E-state index in [1.807, 2.05) is 0 Å². The minimum atomic E-state index is -4.73. The lowest BCUT2D eigenvalue weighted by molar-refractivity contribution is -0.274. The van der Waals surface area contributed by atoms with E-state index in [1.54, 1.807) is 6.07 Å². The van der Waals surface area contributed by atoms with Gasteiger partial charge in [0.1, 0.15) is 11.4 Å². The topological polar surface area (TPSA) is 65.2 Å². The third-order valence-electron chi connectivity index (χ3n) is 2.59. The highest BCUT2D eigenvalue weighted by atomic mass is 19.4. The molecule has 0 aliphatic carbocycles. The monoisotopic (exact) mass is 296 g/mol. The highest BCUT2D eigenvalue weighted by molar-refractivity contribution is 5.95. The number of nitrogens with two attached hydrogens (primary N) is 1. The number of ketones is 1. The van der Waals surface area contributed by atoms with Crippen LogP contribution in [0, 0.1) is 0 Å². The van der Waals surface area contributed by atoms with E-state index >= 15 is 0 Å². The van der Waals surface area contributed by atoms with Gasteiger partial charge >= 0.3 is 6.36 Å².